The van der Waals surface area contributed by atoms with E-state index in [-0.39, 0.29) is 22.4 Å². The van der Waals surface area contributed by atoms with Crippen LogP contribution in [0.25, 0.3) is 0 Å². The van der Waals surface area contributed by atoms with E-state index in [1.54, 1.807) is 19.2 Å². The smallest absolute Gasteiger partial charge is 0.207 e. The van der Waals surface area contributed by atoms with Crippen molar-refractivity contribution in [1.29, 1.82) is 5.26 Å². The average Bonchev–Trinajstić information content (AvgIpc) is 2.36. The van der Waals surface area contributed by atoms with Gasteiger partial charge in [0.2, 0.25) is 10.0 Å². The van der Waals surface area contributed by atoms with Gasteiger partial charge in [-0.15, -0.1) is 0 Å². The van der Waals surface area contributed by atoms with E-state index in [1.165, 1.54) is 16.4 Å². The molecule has 18 heavy (non-hydrogen) atoms. The van der Waals surface area contributed by atoms with Crippen LogP contribution in [0.5, 0.6) is 0 Å². The van der Waals surface area contributed by atoms with Gasteiger partial charge in [0.25, 0.3) is 0 Å². The molecule has 0 aliphatic heterocycles. The molecule has 1 atom stereocenters. The zero-order valence-corrected chi connectivity index (χ0v) is 11.9. The average molecular weight is 266 g/mol. The molecule has 0 bridgehead atoms. The third-order valence-corrected chi connectivity index (χ3v) is 5.21. The highest BCUT2D eigenvalue weighted by atomic mass is 32.2. The van der Waals surface area contributed by atoms with E-state index in [1.807, 2.05) is 26.8 Å². The first kappa shape index (κ1) is 14.7. The second-order valence-corrected chi connectivity index (χ2v) is 6.58. The molecular weight excluding hydrogens is 248 g/mol. The molecule has 0 N–H and O–H groups in total. The molecule has 0 fully saturated rings. The molecule has 0 aromatic heterocycles. The van der Waals surface area contributed by atoms with Crippen LogP contribution in [-0.2, 0) is 10.0 Å². The Kier molecular flexibility index (Phi) is 4.49. The summed E-state index contributed by atoms with van der Waals surface area (Å²) < 4.78 is 26.2. The number of nitrogens with zero attached hydrogens (tertiary/aromatic N) is 2. The lowest BCUT2D eigenvalue weighted by Gasteiger charge is -2.27. The van der Waals surface area contributed by atoms with Crippen LogP contribution in [0.15, 0.2) is 29.2 Å². The highest BCUT2D eigenvalue weighted by Crippen LogP contribution is 2.22. The summed E-state index contributed by atoms with van der Waals surface area (Å²) in [7, 11) is -2.07. The predicted molar refractivity (Wildman–Crippen MR) is 70.4 cm³/mol. The Morgan fingerprint density at radius 1 is 1.22 bits per heavy atom. The number of rotatable bonds is 4. The number of benzene rings is 1. The third-order valence-electron chi connectivity index (χ3n) is 3.20. The topological polar surface area (TPSA) is 61.2 Å². The second kappa shape index (κ2) is 5.51. The van der Waals surface area contributed by atoms with Crippen LogP contribution in [0, 0.1) is 17.2 Å². The minimum Gasteiger partial charge on any atom is -0.207 e. The van der Waals surface area contributed by atoms with Gasteiger partial charge in [0.15, 0.2) is 0 Å². The molecule has 0 radical (unpaired) electrons. The van der Waals surface area contributed by atoms with E-state index in [4.69, 9.17) is 5.26 Å². The first-order chi connectivity index (χ1) is 8.32. The molecule has 0 saturated heterocycles. The van der Waals surface area contributed by atoms with Gasteiger partial charge in [-0.2, -0.15) is 9.57 Å². The number of sulfonamides is 1. The molecule has 0 spiro atoms. The summed E-state index contributed by atoms with van der Waals surface area (Å²) in [4.78, 5) is 0.0718. The van der Waals surface area contributed by atoms with Crippen LogP contribution in [-0.4, -0.2) is 25.8 Å². The molecule has 0 heterocycles. The van der Waals surface area contributed by atoms with Gasteiger partial charge < -0.3 is 0 Å². The quantitative estimate of drug-likeness (QED) is 0.839. The third kappa shape index (κ3) is 2.71. The van der Waals surface area contributed by atoms with Crippen molar-refractivity contribution in [2.24, 2.45) is 5.92 Å². The summed E-state index contributed by atoms with van der Waals surface area (Å²) in [6.45, 7) is 5.79. The van der Waals surface area contributed by atoms with Gasteiger partial charge in [-0.3, -0.25) is 0 Å². The van der Waals surface area contributed by atoms with Crippen molar-refractivity contribution in [2.45, 2.75) is 31.7 Å². The number of hydrogen-bond acceptors (Lipinski definition) is 3. The Morgan fingerprint density at radius 3 is 2.28 bits per heavy atom. The molecular formula is C13H18N2O2S. The fourth-order valence-electron chi connectivity index (χ4n) is 1.58. The van der Waals surface area contributed by atoms with Crippen molar-refractivity contribution in [2.75, 3.05) is 7.05 Å². The molecule has 1 unspecified atom stereocenters. The van der Waals surface area contributed by atoms with E-state index in [2.05, 4.69) is 0 Å². The maximum absolute atomic E-state index is 12.4. The van der Waals surface area contributed by atoms with E-state index in [9.17, 15) is 8.42 Å². The van der Waals surface area contributed by atoms with Crippen LogP contribution in [0.1, 0.15) is 26.3 Å². The minimum absolute atomic E-state index is 0.0718. The van der Waals surface area contributed by atoms with Crippen molar-refractivity contribution >= 4 is 10.0 Å². The molecule has 5 heteroatoms. The maximum atomic E-state index is 12.4. The monoisotopic (exact) mass is 266 g/mol. The lowest BCUT2D eigenvalue weighted by Crippen LogP contribution is -2.38. The maximum Gasteiger partial charge on any atom is 0.244 e. The second-order valence-electron chi connectivity index (χ2n) is 4.61. The van der Waals surface area contributed by atoms with Crippen LogP contribution < -0.4 is 0 Å². The normalized spacial score (nSPS) is 13.6. The molecule has 98 valence electrons. The van der Waals surface area contributed by atoms with Crippen LogP contribution in [0.3, 0.4) is 0 Å². The highest BCUT2D eigenvalue weighted by molar-refractivity contribution is 7.89. The Labute approximate surface area is 109 Å². The van der Waals surface area contributed by atoms with Gasteiger partial charge in [-0.25, -0.2) is 8.42 Å². The first-order valence-electron chi connectivity index (χ1n) is 5.79. The Balaban J connectivity index is 3.27. The summed E-state index contributed by atoms with van der Waals surface area (Å²) in [5.74, 6) is 0.207. The molecule has 0 amide bonds. The Bertz CT molecular complexity index is 559. The van der Waals surface area contributed by atoms with Crippen molar-refractivity contribution in [1.82, 2.24) is 4.31 Å². The Hall–Kier alpha value is -1.38. The fraction of sp³-hybridized carbons (Fsp3) is 0.462. The first-order valence-corrected chi connectivity index (χ1v) is 7.23. The highest BCUT2D eigenvalue weighted by Gasteiger charge is 2.28. The lowest BCUT2D eigenvalue weighted by molar-refractivity contribution is 0.315. The minimum atomic E-state index is -3.62. The largest absolute Gasteiger partial charge is 0.244 e. The van der Waals surface area contributed by atoms with Crippen LogP contribution in [0.4, 0.5) is 0 Å². The molecule has 0 aliphatic rings. The van der Waals surface area contributed by atoms with E-state index < -0.39 is 10.0 Å². The SMILES string of the molecule is CC(C)C(C)N(C)S(=O)(=O)c1ccccc1C#N. The summed E-state index contributed by atoms with van der Waals surface area (Å²) in [5, 5.41) is 8.98. The van der Waals surface area contributed by atoms with E-state index >= 15 is 0 Å². The molecule has 0 saturated carbocycles. The lowest BCUT2D eigenvalue weighted by atomic mass is 10.1. The van der Waals surface area contributed by atoms with Gasteiger partial charge >= 0.3 is 0 Å². The predicted octanol–water partition coefficient (Wildman–Crippen LogP) is 2.22. The molecule has 0 aliphatic carbocycles. The van der Waals surface area contributed by atoms with Crippen molar-refractivity contribution in [3.8, 4) is 6.07 Å². The summed E-state index contributed by atoms with van der Waals surface area (Å²) in [5.41, 5.74) is 0.181. The van der Waals surface area contributed by atoms with Gasteiger partial charge in [0, 0.05) is 13.1 Å². The van der Waals surface area contributed by atoms with Crippen molar-refractivity contribution < 1.29 is 8.42 Å². The summed E-state index contributed by atoms with van der Waals surface area (Å²) in [6.07, 6.45) is 0. The molecule has 1 aromatic rings. The van der Waals surface area contributed by atoms with Gasteiger partial charge in [0.1, 0.15) is 6.07 Å². The molecule has 4 nitrogen and oxygen atoms in total. The van der Waals surface area contributed by atoms with E-state index in [0.29, 0.717) is 0 Å². The summed E-state index contributed by atoms with van der Waals surface area (Å²) >= 11 is 0. The van der Waals surface area contributed by atoms with Crippen molar-refractivity contribution in [3.63, 3.8) is 0 Å². The van der Waals surface area contributed by atoms with E-state index in [0.717, 1.165) is 0 Å². The molecule has 1 rings (SSSR count). The standard InChI is InChI=1S/C13H18N2O2S/c1-10(2)11(3)15(4)18(16,17)13-8-6-5-7-12(13)9-14/h5-8,10-11H,1-4H3. The van der Waals surface area contributed by atoms with Gasteiger partial charge in [-0.05, 0) is 25.0 Å². The van der Waals surface area contributed by atoms with Gasteiger partial charge in [-0.1, -0.05) is 26.0 Å². The van der Waals surface area contributed by atoms with Crippen molar-refractivity contribution in [3.05, 3.63) is 29.8 Å². The summed E-state index contributed by atoms with van der Waals surface area (Å²) in [6, 6.07) is 8.06. The zero-order chi connectivity index (χ0) is 13.9. The van der Waals surface area contributed by atoms with Crippen LogP contribution in [0.2, 0.25) is 0 Å². The zero-order valence-electron chi connectivity index (χ0n) is 11.1. The Morgan fingerprint density at radius 2 is 1.78 bits per heavy atom. The fourth-order valence-corrected chi connectivity index (χ4v) is 3.21. The van der Waals surface area contributed by atoms with Gasteiger partial charge in [0.05, 0.1) is 10.5 Å². The molecule has 1 aromatic carbocycles. The van der Waals surface area contributed by atoms with Crippen LogP contribution >= 0.6 is 0 Å². The number of nitriles is 1. The number of hydrogen-bond donors (Lipinski definition) is 0.